The highest BCUT2D eigenvalue weighted by molar-refractivity contribution is 6.17. The maximum atomic E-state index is 6.09. The Bertz CT molecular complexity index is 798. The van der Waals surface area contributed by atoms with Gasteiger partial charge in [0.2, 0.25) is 0 Å². The van der Waals surface area contributed by atoms with E-state index < -0.39 is 0 Å². The van der Waals surface area contributed by atoms with E-state index in [1.807, 2.05) is 25.0 Å². The van der Waals surface area contributed by atoms with Gasteiger partial charge in [-0.3, -0.25) is 9.25 Å². The van der Waals surface area contributed by atoms with Crippen LogP contribution in [0, 0.1) is 20.8 Å². The third kappa shape index (κ3) is 1.83. The zero-order chi connectivity index (χ0) is 14.4. The van der Waals surface area contributed by atoms with Crippen LogP contribution in [0.5, 0.6) is 0 Å². The molecule has 0 saturated heterocycles. The van der Waals surface area contributed by atoms with Crippen LogP contribution in [0.1, 0.15) is 22.4 Å². The fraction of sp³-hybridized carbons (Fsp3) is 0.333. The van der Waals surface area contributed by atoms with Crippen LogP contribution in [0.4, 0.5) is 0 Å². The molecule has 0 radical (unpaired) electrons. The number of hydrogen-bond acceptors (Lipinski definition) is 2. The normalized spacial score (nSPS) is 11.4. The number of aromatic nitrogens is 4. The number of benzene rings is 1. The maximum Gasteiger partial charge on any atom is 0.141 e. The lowest BCUT2D eigenvalue weighted by atomic mass is 10.1. The zero-order valence-electron chi connectivity index (χ0n) is 12.1. The van der Waals surface area contributed by atoms with Crippen molar-refractivity contribution in [3.8, 4) is 5.82 Å². The first-order valence-corrected chi connectivity index (χ1v) is 7.09. The van der Waals surface area contributed by atoms with Crippen LogP contribution in [0.2, 0.25) is 0 Å². The van der Waals surface area contributed by atoms with E-state index in [2.05, 4.69) is 40.6 Å². The second kappa shape index (κ2) is 4.63. The van der Waals surface area contributed by atoms with Crippen molar-refractivity contribution >= 4 is 22.6 Å². The van der Waals surface area contributed by atoms with Crippen molar-refractivity contribution in [1.29, 1.82) is 0 Å². The number of hydrogen-bond donors (Lipinski definition) is 0. The highest BCUT2D eigenvalue weighted by Crippen LogP contribution is 2.25. The van der Waals surface area contributed by atoms with Gasteiger partial charge in [0.25, 0.3) is 0 Å². The maximum absolute atomic E-state index is 6.09. The fourth-order valence-corrected chi connectivity index (χ4v) is 2.89. The molecule has 0 saturated carbocycles. The molecule has 3 rings (SSSR count). The molecule has 2 aromatic heterocycles. The summed E-state index contributed by atoms with van der Waals surface area (Å²) in [5, 5.41) is 4.47. The summed E-state index contributed by atoms with van der Waals surface area (Å²) < 4.78 is 3.93. The summed E-state index contributed by atoms with van der Waals surface area (Å²) in [5.41, 5.74) is 6.59. The van der Waals surface area contributed by atoms with E-state index in [-0.39, 0.29) is 0 Å². The van der Waals surface area contributed by atoms with Crippen molar-refractivity contribution in [3.63, 3.8) is 0 Å². The van der Waals surface area contributed by atoms with Crippen molar-refractivity contribution in [2.24, 2.45) is 7.05 Å². The number of fused-ring (bicyclic) bond motifs is 1. The second-order valence-electron chi connectivity index (χ2n) is 5.18. The zero-order valence-corrected chi connectivity index (χ0v) is 12.9. The van der Waals surface area contributed by atoms with E-state index in [0.717, 1.165) is 28.1 Å². The Morgan fingerprint density at radius 1 is 1.15 bits per heavy atom. The molecule has 104 valence electrons. The number of nitrogens with zero attached hydrogens (tertiary/aromatic N) is 4. The number of alkyl halides is 1. The van der Waals surface area contributed by atoms with Gasteiger partial charge in [-0.25, -0.2) is 4.98 Å². The molecule has 4 nitrogen and oxygen atoms in total. The number of halogens is 1. The lowest BCUT2D eigenvalue weighted by Crippen LogP contribution is -2.04. The van der Waals surface area contributed by atoms with Gasteiger partial charge in [-0.1, -0.05) is 0 Å². The molecule has 0 aliphatic rings. The number of aryl methyl sites for hydroxylation is 4. The van der Waals surface area contributed by atoms with E-state index >= 15 is 0 Å². The summed E-state index contributed by atoms with van der Waals surface area (Å²) >= 11 is 6.09. The number of rotatable bonds is 2. The molecule has 0 amide bonds. The summed E-state index contributed by atoms with van der Waals surface area (Å²) in [6.45, 7) is 6.20. The Morgan fingerprint density at radius 3 is 2.55 bits per heavy atom. The molecule has 5 heteroatoms. The molecule has 0 aliphatic carbocycles. The van der Waals surface area contributed by atoms with Gasteiger partial charge >= 0.3 is 0 Å². The Morgan fingerprint density at radius 2 is 1.85 bits per heavy atom. The average Bonchev–Trinajstić information content (AvgIpc) is 2.90. The minimum absolute atomic E-state index is 0.444. The van der Waals surface area contributed by atoms with Crippen molar-refractivity contribution in [2.75, 3.05) is 0 Å². The van der Waals surface area contributed by atoms with Gasteiger partial charge in [0.05, 0.1) is 22.6 Å². The Kier molecular flexibility index (Phi) is 3.05. The first kappa shape index (κ1) is 13.2. The molecule has 1 aromatic carbocycles. The SMILES string of the molecule is Cc1cc2ncn(-c3c(CCl)c(C)nn3C)c2cc1C. The molecular weight excluding hydrogens is 272 g/mol. The van der Waals surface area contributed by atoms with Crippen LogP contribution >= 0.6 is 11.6 Å². The molecule has 0 spiro atoms. The van der Waals surface area contributed by atoms with E-state index in [9.17, 15) is 0 Å². The molecule has 0 bridgehead atoms. The molecule has 0 atom stereocenters. The van der Waals surface area contributed by atoms with Crippen molar-refractivity contribution in [2.45, 2.75) is 26.7 Å². The largest absolute Gasteiger partial charge is 0.283 e. The molecule has 20 heavy (non-hydrogen) atoms. The molecule has 0 fully saturated rings. The molecule has 0 aliphatic heterocycles. The molecule has 2 heterocycles. The highest BCUT2D eigenvalue weighted by atomic mass is 35.5. The molecular formula is C15H17ClN4. The van der Waals surface area contributed by atoms with Crippen LogP contribution in [0.25, 0.3) is 16.9 Å². The summed E-state index contributed by atoms with van der Waals surface area (Å²) in [5.74, 6) is 1.43. The monoisotopic (exact) mass is 288 g/mol. The van der Waals surface area contributed by atoms with Crippen LogP contribution in [0.15, 0.2) is 18.5 Å². The third-order valence-corrected chi connectivity index (χ3v) is 4.10. The van der Waals surface area contributed by atoms with E-state index in [4.69, 9.17) is 11.6 Å². The second-order valence-corrected chi connectivity index (χ2v) is 5.45. The van der Waals surface area contributed by atoms with E-state index in [1.165, 1.54) is 11.1 Å². The van der Waals surface area contributed by atoms with Gasteiger partial charge < -0.3 is 0 Å². The predicted octanol–water partition coefficient (Wildman–Crippen LogP) is 3.42. The first-order chi connectivity index (χ1) is 9.52. The fourth-order valence-electron chi connectivity index (χ4n) is 2.58. The van der Waals surface area contributed by atoms with Crippen LogP contribution < -0.4 is 0 Å². The first-order valence-electron chi connectivity index (χ1n) is 6.56. The standard InChI is InChI=1S/C15H17ClN4/c1-9-5-13-14(6-10(9)2)20(8-17-13)15-12(7-16)11(3)18-19(15)4/h5-6,8H,7H2,1-4H3. The highest BCUT2D eigenvalue weighted by Gasteiger charge is 2.16. The summed E-state index contributed by atoms with van der Waals surface area (Å²) in [7, 11) is 1.94. The Labute approximate surface area is 123 Å². The lowest BCUT2D eigenvalue weighted by Gasteiger charge is -2.08. The minimum Gasteiger partial charge on any atom is -0.283 e. The van der Waals surface area contributed by atoms with Crippen LogP contribution in [-0.2, 0) is 12.9 Å². The van der Waals surface area contributed by atoms with E-state index in [1.54, 1.807) is 0 Å². The molecule has 0 unspecified atom stereocenters. The van der Waals surface area contributed by atoms with Gasteiger partial charge in [-0.2, -0.15) is 5.10 Å². The Hall–Kier alpha value is -1.81. The van der Waals surface area contributed by atoms with Gasteiger partial charge in [0, 0.05) is 12.6 Å². The van der Waals surface area contributed by atoms with Crippen LogP contribution in [0.3, 0.4) is 0 Å². The van der Waals surface area contributed by atoms with Gasteiger partial charge in [0.1, 0.15) is 12.1 Å². The summed E-state index contributed by atoms with van der Waals surface area (Å²) in [6, 6.07) is 4.28. The number of imidazole rings is 1. The van der Waals surface area contributed by atoms with E-state index in [0.29, 0.717) is 5.88 Å². The third-order valence-electron chi connectivity index (χ3n) is 3.84. The molecule has 0 N–H and O–H groups in total. The van der Waals surface area contributed by atoms with Crippen molar-refractivity contribution in [3.05, 3.63) is 40.8 Å². The van der Waals surface area contributed by atoms with Crippen LogP contribution in [-0.4, -0.2) is 19.3 Å². The predicted molar refractivity (Wildman–Crippen MR) is 81.6 cm³/mol. The van der Waals surface area contributed by atoms with Gasteiger partial charge in [0.15, 0.2) is 0 Å². The molecule has 3 aromatic rings. The van der Waals surface area contributed by atoms with Crippen molar-refractivity contribution < 1.29 is 0 Å². The lowest BCUT2D eigenvalue weighted by molar-refractivity contribution is 0.726. The summed E-state index contributed by atoms with van der Waals surface area (Å²) in [6.07, 6.45) is 1.84. The van der Waals surface area contributed by atoms with Crippen molar-refractivity contribution in [1.82, 2.24) is 19.3 Å². The quantitative estimate of drug-likeness (QED) is 0.677. The topological polar surface area (TPSA) is 35.6 Å². The minimum atomic E-state index is 0.444. The Balaban J connectivity index is 2.33. The van der Waals surface area contributed by atoms with Gasteiger partial charge in [-0.15, -0.1) is 11.6 Å². The average molecular weight is 289 g/mol. The van der Waals surface area contributed by atoms with Gasteiger partial charge in [-0.05, 0) is 44.0 Å². The smallest absolute Gasteiger partial charge is 0.141 e. The summed E-state index contributed by atoms with van der Waals surface area (Å²) in [4.78, 5) is 4.50.